The van der Waals surface area contributed by atoms with Crippen molar-refractivity contribution in [3.8, 4) is 0 Å². The van der Waals surface area contributed by atoms with Gasteiger partial charge < -0.3 is 0 Å². The monoisotopic (exact) mass is 96.0 g/mol. The topological polar surface area (TPSA) is 43.1 Å². The lowest BCUT2D eigenvalue weighted by atomic mass is 11.7. The minimum atomic E-state index is -2.40. The summed E-state index contributed by atoms with van der Waals surface area (Å²) in [4.78, 5) is -0.558. The summed E-state index contributed by atoms with van der Waals surface area (Å²) in [6.45, 7) is -2.40. The molecule has 5 heavy (non-hydrogen) atoms. The van der Waals surface area contributed by atoms with Crippen LogP contribution in [0.25, 0.3) is 0 Å². The van der Waals surface area contributed by atoms with Crippen LogP contribution < -0.4 is 5.73 Å². The SMILES string of the molecule is [2H][13C]([2H])([2H])[13C](N)=S=O. The molecule has 0 aliphatic carbocycles. The molecule has 30 valence electrons. The van der Waals surface area contributed by atoms with E-state index >= 15 is 0 Å². The van der Waals surface area contributed by atoms with Gasteiger partial charge >= 0.3 is 0 Å². The summed E-state index contributed by atoms with van der Waals surface area (Å²) in [5.41, 5.74) is 4.75. The second kappa shape index (κ2) is 2.11. The van der Waals surface area contributed by atoms with Gasteiger partial charge in [-0.05, 0) is 6.85 Å². The molecule has 0 aromatic rings. The molecule has 0 radical (unpaired) electrons. The Labute approximate surface area is 38.3 Å². The van der Waals surface area contributed by atoms with E-state index in [1.807, 2.05) is 0 Å². The summed E-state index contributed by atoms with van der Waals surface area (Å²) in [7, 11) is 0. The maximum atomic E-state index is 9.67. The van der Waals surface area contributed by atoms with Gasteiger partial charge in [0.1, 0.15) is 11.3 Å². The third kappa shape index (κ3) is 3.85. The molecule has 0 atom stereocenters. The molecule has 0 rings (SSSR count). The van der Waals surface area contributed by atoms with Crippen LogP contribution in [0.2, 0.25) is 0 Å². The third-order valence-electron chi connectivity index (χ3n) is 0.0898. The largest absolute Gasteiger partial charge is 0.295 e. The first-order valence-electron chi connectivity index (χ1n) is 2.41. The van der Waals surface area contributed by atoms with Crippen LogP contribution >= 0.6 is 0 Å². The molecule has 3 heteroatoms. The van der Waals surface area contributed by atoms with Crippen LogP contribution in [0.4, 0.5) is 0 Å². The Bertz CT molecular complexity index is 135. The van der Waals surface area contributed by atoms with E-state index in [4.69, 9.17) is 9.85 Å². The van der Waals surface area contributed by atoms with Crippen molar-refractivity contribution in [3.63, 3.8) is 0 Å². The van der Waals surface area contributed by atoms with Crippen molar-refractivity contribution in [2.24, 2.45) is 5.73 Å². The zero-order chi connectivity index (χ0) is 6.78. The first kappa shape index (κ1) is 1.53. The van der Waals surface area contributed by atoms with Crippen LogP contribution in [0.3, 0.4) is 0 Å². The van der Waals surface area contributed by atoms with E-state index in [0.717, 1.165) is 0 Å². The van der Waals surface area contributed by atoms with Crippen LogP contribution in [0, 0.1) is 0 Å². The zero-order valence-electron chi connectivity index (χ0n) is 5.39. The molecule has 0 spiro atoms. The molecule has 0 heterocycles. The molecule has 2 N–H and O–H groups in total. The Hall–Kier alpha value is -0.150. The lowest BCUT2D eigenvalue weighted by Gasteiger charge is -1.64. The number of hydrogen-bond donors (Lipinski definition) is 1. The average molecular weight is 96.1 g/mol. The van der Waals surface area contributed by atoms with Gasteiger partial charge in [-0.3, -0.25) is 5.73 Å². The second-order valence-corrected chi connectivity index (χ2v) is 1.05. The van der Waals surface area contributed by atoms with Gasteiger partial charge in [0.15, 0.2) is 0 Å². The fraction of sp³-hybridized carbons (Fsp3) is 0.500. The van der Waals surface area contributed by atoms with Crippen LogP contribution in [0.5, 0.6) is 0 Å². The van der Waals surface area contributed by atoms with Crippen LogP contribution in [0.15, 0.2) is 0 Å². The van der Waals surface area contributed by atoms with Crippen molar-refractivity contribution in [2.75, 3.05) is 0 Å². The predicted molar refractivity (Wildman–Crippen MR) is 23.0 cm³/mol. The fourth-order valence-corrected chi connectivity index (χ4v) is 0. The Kier molecular flexibility index (Phi) is 0.646. The van der Waals surface area contributed by atoms with Gasteiger partial charge in [0.2, 0.25) is 0 Å². The highest BCUT2D eigenvalue weighted by atomic mass is 32.1. The van der Waals surface area contributed by atoms with E-state index in [1.165, 1.54) is 0 Å². The van der Waals surface area contributed by atoms with Gasteiger partial charge in [-0.2, -0.15) is 0 Å². The molecule has 0 aliphatic rings. The van der Waals surface area contributed by atoms with Crippen LogP contribution in [-0.2, 0) is 11.3 Å². The highest BCUT2D eigenvalue weighted by Crippen LogP contribution is 1.39. The lowest BCUT2D eigenvalue weighted by molar-refractivity contribution is 0.701. The van der Waals surface area contributed by atoms with Crippen molar-refractivity contribution in [1.29, 1.82) is 0 Å². The Morgan fingerprint density at radius 1 is 2.40 bits per heavy atom. The Balaban J connectivity index is 4.26. The molecule has 0 amide bonds. The van der Waals surface area contributed by atoms with E-state index in [-0.39, 0.29) is 11.3 Å². The third-order valence-corrected chi connectivity index (χ3v) is 0.269. The van der Waals surface area contributed by atoms with Crippen LogP contribution in [0.1, 0.15) is 11.0 Å². The summed E-state index contributed by atoms with van der Waals surface area (Å²) in [6.07, 6.45) is 0. The highest BCUT2D eigenvalue weighted by Gasteiger charge is 1.62. The number of hydrogen-bond acceptors (Lipinski definition) is 1. The van der Waals surface area contributed by atoms with Gasteiger partial charge in [-0.1, -0.05) is 0 Å². The maximum Gasteiger partial charge on any atom is 0.103 e. The van der Waals surface area contributed by atoms with Gasteiger partial charge in [0.25, 0.3) is 0 Å². The van der Waals surface area contributed by atoms with Gasteiger partial charge in [-0.15, -0.1) is 0 Å². The predicted octanol–water partition coefficient (Wildman–Crippen LogP) is -0.692. The number of rotatable bonds is 0. The molecule has 0 saturated carbocycles. The molecule has 0 aromatic carbocycles. The summed E-state index contributed by atoms with van der Waals surface area (Å²) >= 11 is -0.186. The average Bonchev–Trinajstić information content (AvgIpc) is 1.62. The normalized spacial score (nSPS) is 18.2. The smallest absolute Gasteiger partial charge is 0.103 e. The Morgan fingerprint density at radius 3 is 3.00 bits per heavy atom. The molecule has 0 fully saturated rings. The molecule has 0 aromatic heterocycles. The van der Waals surface area contributed by atoms with Crippen molar-refractivity contribution in [3.05, 3.63) is 0 Å². The van der Waals surface area contributed by atoms with E-state index in [1.54, 1.807) is 0 Å². The summed E-state index contributed by atoms with van der Waals surface area (Å²) in [5, 5.41) is 0. The van der Waals surface area contributed by atoms with E-state index in [2.05, 4.69) is 0 Å². The summed E-state index contributed by atoms with van der Waals surface area (Å²) in [6, 6.07) is 0. The van der Waals surface area contributed by atoms with Crippen LogP contribution in [-0.4, -0.2) is 9.20 Å². The molecule has 0 bridgehead atoms. The van der Waals surface area contributed by atoms with E-state index < -0.39 is 11.8 Å². The fourth-order valence-electron chi connectivity index (χ4n) is 0. The molecule has 0 saturated heterocycles. The summed E-state index contributed by atoms with van der Waals surface area (Å²) < 4.78 is 29.1. The zero-order valence-corrected chi connectivity index (χ0v) is 3.21. The van der Waals surface area contributed by atoms with Crippen molar-refractivity contribution < 1.29 is 8.32 Å². The summed E-state index contributed by atoms with van der Waals surface area (Å²) in [5.74, 6) is 0. The minimum Gasteiger partial charge on any atom is -0.295 e. The Morgan fingerprint density at radius 2 is 3.00 bits per heavy atom. The van der Waals surface area contributed by atoms with E-state index in [9.17, 15) is 4.21 Å². The molecular formula is C2H5NOS. The molecule has 0 aliphatic heterocycles. The first-order valence-corrected chi connectivity index (χ1v) is 1.65. The molecule has 0 unspecified atom stereocenters. The minimum absolute atomic E-state index is 0.186. The van der Waals surface area contributed by atoms with Crippen molar-refractivity contribution in [2.45, 2.75) is 6.85 Å². The quantitative estimate of drug-likeness (QED) is 0.320. The van der Waals surface area contributed by atoms with Gasteiger partial charge in [-0.25, -0.2) is 4.21 Å². The first-order chi connectivity index (χ1) is 3.48. The lowest BCUT2D eigenvalue weighted by Crippen LogP contribution is -2.02. The maximum absolute atomic E-state index is 9.67. The number of nitrogens with two attached hydrogens (primary N) is 1. The van der Waals surface area contributed by atoms with Crippen molar-refractivity contribution in [1.82, 2.24) is 0 Å². The molecular weight excluding hydrogens is 88.1 g/mol. The standard InChI is InChI=1S/C2H5NOS/c1-2(3)5-4/h3H2,1H3/i1+1D3,2+1. The van der Waals surface area contributed by atoms with Crippen molar-refractivity contribution >= 4 is 16.2 Å². The van der Waals surface area contributed by atoms with E-state index in [0.29, 0.717) is 0 Å². The highest BCUT2D eigenvalue weighted by molar-refractivity contribution is 7.66. The molecule has 2 nitrogen and oxygen atoms in total. The van der Waals surface area contributed by atoms with Gasteiger partial charge in [0.05, 0.1) is 4.99 Å². The second-order valence-electron chi connectivity index (χ2n) is 0.448. The van der Waals surface area contributed by atoms with Gasteiger partial charge in [0, 0.05) is 4.11 Å².